The van der Waals surface area contributed by atoms with Crippen LogP contribution < -0.4 is 5.09 Å². The van der Waals surface area contributed by atoms with E-state index in [2.05, 4.69) is 133 Å². The summed E-state index contributed by atoms with van der Waals surface area (Å²) in [7, 11) is -0.658. The predicted molar refractivity (Wildman–Crippen MR) is 178 cm³/mol. The summed E-state index contributed by atoms with van der Waals surface area (Å²) in [6.45, 7) is 3.43. The molecule has 4 aromatic rings. The van der Waals surface area contributed by atoms with E-state index in [1.54, 1.807) is 0 Å². The molecule has 2 saturated heterocycles. The maximum atomic E-state index is 6.78. The average molecular weight is 586 g/mol. The van der Waals surface area contributed by atoms with Crippen LogP contribution in [0.2, 0.25) is 0 Å². The predicted octanol–water partition coefficient (Wildman–Crippen LogP) is 11.9. The summed E-state index contributed by atoms with van der Waals surface area (Å²) in [5, 5.41) is 3.94. The van der Waals surface area contributed by atoms with Gasteiger partial charge in [0, 0.05) is 29.9 Å². The monoisotopic (exact) mass is 585 g/mol. The highest BCUT2D eigenvalue weighted by Crippen LogP contribution is 2.73. The molecular weight excluding hydrogens is 544 g/mol. The van der Waals surface area contributed by atoms with E-state index in [4.69, 9.17) is 11.2 Å². The molecule has 6 rings (SSSR count). The Bertz CT molecular complexity index is 1160. The van der Waals surface area contributed by atoms with E-state index in [1.165, 1.54) is 60.8 Å². The molecule has 2 aliphatic rings. The fourth-order valence-electron chi connectivity index (χ4n) is 6.17. The standard InChI is InChI=1S/C20H26NP.C16H16ClP/c1-2-3-16-21-22-19(17-10-6-4-7-11-17)14-15-20(22)18-12-8-5-9-13-18;17-18-15(13-7-3-1-4-8-13)11-12-16(18)14-9-5-2-6-10-14/h4-13,19-21H,2-3,14-16H2,1H3;1-10,15-16H,11-12H2/t19-,20-;15-,16-/m11/s1. The first-order chi connectivity index (χ1) is 19.8. The minimum absolute atomic E-state index is 0.186. The van der Waals surface area contributed by atoms with Crippen LogP contribution in [0.1, 0.15) is 90.3 Å². The Labute approximate surface area is 249 Å². The molecule has 40 heavy (non-hydrogen) atoms. The minimum Gasteiger partial charge on any atom is -0.295 e. The lowest BCUT2D eigenvalue weighted by molar-refractivity contribution is 0.764. The molecule has 0 aliphatic carbocycles. The van der Waals surface area contributed by atoms with E-state index in [9.17, 15) is 0 Å². The molecule has 1 nitrogen and oxygen atoms in total. The maximum Gasteiger partial charge on any atom is 0.0186 e. The maximum absolute atomic E-state index is 6.78. The summed E-state index contributed by atoms with van der Waals surface area (Å²) in [5.41, 5.74) is 8.42. The van der Waals surface area contributed by atoms with E-state index < -0.39 is 7.27 Å². The molecule has 0 unspecified atom stereocenters. The van der Waals surface area contributed by atoms with Gasteiger partial charge >= 0.3 is 0 Å². The Morgan fingerprint density at radius 3 is 1.23 bits per heavy atom. The Morgan fingerprint density at radius 2 is 0.875 bits per heavy atom. The zero-order chi connectivity index (χ0) is 27.6. The topological polar surface area (TPSA) is 12.0 Å². The van der Waals surface area contributed by atoms with Gasteiger partial charge in [-0.3, -0.25) is 5.09 Å². The lowest BCUT2D eigenvalue weighted by Crippen LogP contribution is -2.13. The van der Waals surface area contributed by atoms with Gasteiger partial charge in [0.05, 0.1) is 0 Å². The number of hydrogen-bond donors (Lipinski definition) is 1. The van der Waals surface area contributed by atoms with Gasteiger partial charge in [0.1, 0.15) is 0 Å². The molecule has 0 amide bonds. The molecule has 0 bridgehead atoms. The summed E-state index contributed by atoms with van der Waals surface area (Å²) in [6.07, 6.45) is 7.62. The van der Waals surface area contributed by atoms with Crippen molar-refractivity contribution < 1.29 is 0 Å². The summed E-state index contributed by atoms with van der Waals surface area (Å²) in [6, 6.07) is 43.7. The van der Waals surface area contributed by atoms with Gasteiger partial charge in [0.25, 0.3) is 0 Å². The van der Waals surface area contributed by atoms with Gasteiger partial charge in [-0.1, -0.05) is 146 Å². The lowest BCUT2D eigenvalue weighted by Gasteiger charge is -2.27. The largest absolute Gasteiger partial charge is 0.295 e. The summed E-state index contributed by atoms with van der Waals surface area (Å²) < 4.78 is 0. The van der Waals surface area contributed by atoms with Gasteiger partial charge in [-0.15, -0.1) is 0 Å². The molecule has 208 valence electrons. The molecule has 0 aromatic heterocycles. The van der Waals surface area contributed by atoms with Crippen LogP contribution in [0.5, 0.6) is 0 Å². The number of rotatable bonds is 8. The smallest absolute Gasteiger partial charge is 0.0186 e. The second-order valence-corrected chi connectivity index (χ2v) is 16.4. The number of benzene rings is 4. The van der Waals surface area contributed by atoms with Crippen LogP contribution in [0.4, 0.5) is 0 Å². The summed E-state index contributed by atoms with van der Waals surface area (Å²) >= 11 is 6.78. The molecule has 0 spiro atoms. The van der Waals surface area contributed by atoms with E-state index in [-0.39, 0.29) is 8.07 Å². The third kappa shape index (κ3) is 7.43. The van der Waals surface area contributed by atoms with Crippen LogP contribution in [-0.4, -0.2) is 6.54 Å². The summed E-state index contributed by atoms with van der Waals surface area (Å²) in [5.74, 6) is 0. The van der Waals surface area contributed by atoms with Gasteiger partial charge in [0.2, 0.25) is 0 Å². The van der Waals surface area contributed by atoms with Crippen molar-refractivity contribution in [2.24, 2.45) is 0 Å². The SMILES string of the molecule is CCCCNP1[C@@H](c2ccccc2)CC[C@@H]1c1ccccc1.ClP1[C@@H](c2ccccc2)CC[C@@H]1c1ccccc1. The fourth-order valence-corrected chi connectivity index (χ4v) is 12.7. The van der Waals surface area contributed by atoms with Crippen molar-refractivity contribution in [3.8, 4) is 0 Å². The van der Waals surface area contributed by atoms with Gasteiger partial charge in [0.15, 0.2) is 0 Å². The quantitative estimate of drug-likeness (QED) is 0.160. The van der Waals surface area contributed by atoms with Gasteiger partial charge < -0.3 is 0 Å². The van der Waals surface area contributed by atoms with Crippen molar-refractivity contribution in [3.05, 3.63) is 144 Å². The number of unbranched alkanes of at least 4 members (excludes halogenated alkanes) is 1. The van der Waals surface area contributed by atoms with Crippen LogP contribution in [-0.2, 0) is 0 Å². The Morgan fingerprint density at radius 1 is 0.550 bits per heavy atom. The van der Waals surface area contributed by atoms with Crippen LogP contribution in [0.3, 0.4) is 0 Å². The second kappa shape index (κ2) is 15.3. The Hall–Kier alpha value is -2.01. The van der Waals surface area contributed by atoms with E-state index in [0.29, 0.717) is 22.6 Å². The van der Waals surface area contributed by atoms with E-state index in [0.717, 1.165) is 6.54 Å². The first-order valence-electron chi connectivity index (χ1n) is 14.9. The van der Waals surface area contributed by atoms with Crippen molar-refractivity contribution in [1.82, 2.24) is 5.09 Å². The van der Waals surface area contributed by atoms with Gasteiger partial charge in [-0.05, 0) is 69.0 Å². The van der Waals surface area contributed by atoms with E-state index >= 15 is 0 Å². The molecule has 1 N–H and O–H groups in total. The van der Waals surface area contributed by atoms with E-state index in [1.807, 2.05) is 0 Å². The number of nitrogens with one attached hydrogen (secondary N) is 1. The molecule has 2 aliphatic heterocycles. The number of hydrogen-bond acceptors (Lipinski definition) is 1. The molecular formula is C36H42ClNP2. The third-order valence-corrected chi connectivity index (χ3v) is 15.0. The van der Waals surface area contributed by atoms with Crippen molar-refractivity contribution in [3.63, 3.8) is 0 Å². The van der Waals surface area contributed by atoms with Crippen LogP contribution >= 0.6 is 26.6 Å². The normalized spacial score (nSPS) is 23.1. The van der Waals surface area contributed by atoms with Gasteiger partial charge in [-0.2, -0.15) is 0 Å². The zero-order valence-corrected chi connectivity index (χ0v) is 26.1. The molecule has 0 radical (unpaired) electrons. The van der Waals surface area contributed by atoms with Crippen LogP contribution in [0.15, 0.2) is 121 Å². The first-order valence-corrected chi connectivity index (χ1v) is 18.8. The minimum atomic E-state index is -0.472. The van der Waals surface area contributed by atoms with Crippen molar-refractivity contribution in [2.75, 3.05) is 6.54 Å². The highest BCUT2D eigenvalue weighted by atomic mass is 35.7. The summed E-state index contributed by atoms with van der Waals surface area (Å²) in [4.78, 5) is 0. The second-order valence-electron chi connectivity index (χ2n) is 10.9. The molecule has 4 atom stereocenters. The highest BCUT2D eigenvalue weighted by Gasteiger charge is 2.37. The zero-order valence-electron chi connectivity index (χ0n) is 23.6. The van der Waals surface area contributed by atoms with Crippen molar-refractivity contribution >= 4 is 26.6 Å². The average Bonchev–Trinajstić information content (AvgIpc) is 3.63. The number of halogens is 1. The van der Waals surface area contributed by atoms with Crippen LogP contribution in [0, 0.1) is 0 Å². The highest BCUT2D eigenvalue weighted by molar-refractivity contribution is 7.84. The first kappa shape index (κ1) is 29.5. The molecule has 0 saturated carbocycles. The third-order valence-electron chi connectivity index (χ3n) is 8.26. The van der Waals surface area contributed by atoms with Crippen molar-refractivity contribution in [2.45, 2.75) is 68.1 Å². The van der Waals surface area contributed by atoms with Crippen LogP contribution in [0.25, 0.3) is 0 Å². The molecule has 4 aromatic carbocycles. The molecule has 2 heterocycles. The Balaban J connectivity index is 0.000000164. The van der Waals surface area contributed by atoms with Crippen molar-refractivity contribution in [1.29, 1.82) is 0 Å². The molecule has 4 heteroatoms. The van der Waals surface area contributed by atoms with Gasteiger partial charge in [-0.25, -0.2) is 0 Å². The molecule has 2 fully saturated rings. The lowest BCUT2D eigenvalue weighted by atomic mass is 10.0. The fraction of sp³-hybridized carbons (Fsp3) is 0.333. The Kier molecular flexibility index (Phi) is 11.3.